The van der Waals surface area contributed by atoms with Crippen LogP contribution in [0.5, 0.6) is 0 Å². The third-order valence-electron chi connectivity index (χ3n) is 8.49. The number of carbonyl (C=O) groups is 2. The van der Waals surface area contributed by atoms with Crippen LogP contribution in [-0.2, 0) is 20.7 Å². The van der Waals surface area contributed by atoms with Gasteiger partial charge in [-0.15, -0.1) is 0 Å². The van der Waals surface area contributed by atoms with E-state index in [1.165, 1.54) is 18.1 Å². The highest BCUT2D eigenvalue weighted by Gasteiger charge is 2.74. The van der Waals surface area contributed by atoms with E-state index in [0.717, 1.165) is 18.4 Å². The van der Waals surface area contributed by atoms with Crippen LogP contribution in [0.15, 0.2) is 30.4 Å². The zero-order chi connectivity index (χ0) is 21.4. The molecule has 5 rings (SSSR count). The Labute approximate surface area is 177 Å². The summed E-state index contributed by atoms with van der Waals surface area (Å²) in [5.74, 6) is 0.0251. The summed E-state index contributed by atoms with van der Waals surface area (Å²) in [6.07, 6.45) is 4.70. The lowest BCUT2D eigenvalue weighted by atomic mass is 9.48. The summed E-state index contributed by atoms with van der Waals surface area (Å²) in [5, 5.41) is 21.9. The Bertz CT molecular complexity index is 951. The molecule has 1 aromatic rings. The third-order valence-corrected chi connectivity index (χ3v) is 8.49. The second-order valence-electron chi connectivity index (χ2n) is 10.0. The van der Waals surface area contributed by atoms with E-state index >= 15 is 0 Å². The maximum atomic E-state index is 13.0. The number of hydrogen-bond acceptors (Lipinski definition) is 5. The Hall–Kier alpha value is -1.82. The van der Waals surface area contributed by atoms with Gasteiger partial charge in [0.1, 0.15) is 17.5 Å². The number of aliphatic hydroxyl groups excluding tert-OH is 1. The second kappa shape index (κ2) is 6.59. The summed E-state index contributed by atoms with van der Waals surface area (Å²) < 4.78 is 6.04. The Kier molecular flexibility index (Phi) is 4.41. The molecule has 0 aromatic heterocycles. The molecule has 8 atom stereocenters. The Balaban J connectivity index is 1.50. The molecule has 2 N–H and O–H groups in total. The average molecular weight is 411 g/mol. The number of fused-ring (bicyclic) bond motifs is 8. The average Bonchev–Trinajstić information content (AvgIpc) is 3.50. The predicted molar refractivity (Wildman–Crippen MR) is 111 cm³/mol. The van der Waals surface area contributed by atoms with E-state index < -0.39 is 17.1 Å². The van der Waals surface area contributed by atoms with Crippen LogP contribution in [0.25, 0.3) is 0 Å². The van der Waals surface area contributed by atoms with Gasteiger partial charge in [-0.05, 0) is 61.8 Å². The molecule has 4 aliphatic rings. The number of rotatable bonds is 4. The molecule has 1 aromatic carbocycles. The molecule has 2 fully saturated rings. The number of ether oxygens (including phenoxy) is 1. The van der Waals surface area contributed by atoms with Crippen molar-refractivity contribution in [1.82, 2.24) is 0 Å². The van der Waals surface area contributed by atoms with Gasteiger partial charge in [0, 0.05) is 18.3 Å². The van der Waals surface area contributed by atoms with E-state index in [9.17, 15) is 19.8 Å². The number of benzene rings is 1. The quantitative estimate of drug-likeness (QED) is 0.746. The van der Waals surface area contributed by atoms with Crippen molar-refractivity contribution in [3.8, 4) is 0 Å². The van der Waals surface area contributed by atoms with Crippen LogP contribution in [-0.4, -0.2) is 45.7 Å². The molecule has 30 heavy (non-hydrogen) atoms. The molecule has 3 aliphatic carbocycles. The zero-order valence-corrected chi connectivity index (χ0v) is 17.8. The normalized spacial score (nSPS) is 40.5. The van der Waals surface area contributed by atoms with Gasteiger partial charge < -0.3 is 14.9 Å². The van der Waals surface area contributed by atoms with Crippen molar-refractivity contribution in [2.24, 2.45) is 11.3 Å². The van der Waals surface area contributed by atoms with Crippen molar-refractivity contribution in [3.05, 3.63) is 47.0 Å². The molecule has 1 aliphatic heterocycles. The number of hydrogen-bond donors (Lipinski definition) is 2. The van der Waals surface area contributed by atoms with Crippen LogP contribution >= 0.6 is 0 Å². The minimum absolute atomic E-state index is 0.0128. The highest BCUT2D eigenvalue weighted by atomic mass is 16.6. The molecule has 1 heterocycles. The molecule has 5 nitrogen and oxygen atoms in total. The van der Waals surface area contributed by atoms with Gasteiger partial charge >= 0.3 is 0 Å². The smallest absolute Gasteiger partial charge is 0.164 e. The third kappa shape index (κ3) is 2.58. The summed E-state index contributed by atoms with van der Waals surface area (Å²) in [6, 6.07) is 6.31. The van der Waals surface area contributed by atoms with E-state index in [1.54, 1.807) is 12.2 Å². The number of Topliss-reactive ketones (excluding diaryl/α,β-unsaturated/α-hetero) is 1. The first kappa shape index (κ1) is 20.1. The molecule has 0 amide bonds. The maximum absolute atomic E-state index is 13.0. The second-order valence-corrected chi connectivity index (χ2v) is 10.0. The van der Waals surface area contributed by atoms with Crippen molar-refractivity contribution in [2.45, 2.75) is 82.2 Å². The van der Waals surface area contributed by atoms with E-state index in [-0.39, 0.29) is 47.9 Å². The van der Waals surface area contributed by atoms with Crippen molar-refractivity contribution in [1.29, 1.82) is 0 Å². The highest BCUT2D eigenvalue weighted by Crippen LogP contribution is 2.66. The standard InChI is InChI=1S/C25H30O5/c1-13(26)11-19(27)14(2)15-6-8-17-16(12-15)7-9-18-21(17)22-23(30-22)25(29)10-4-5-20(28)24(18,25)3/h4-6,8,12,14,18-19,21-23,27,29H,7,9-11H2,1-3H3/t14-,18-,19+,21-,22-,23-,24-,25-/m0/s1. The lowest BCUT2D eigenvalue weighted by Crippen LogP contribution is -2.65. The molecule has 0 unspecified atom stereocenters. The molecular formula is C25H30O5. The first-order chi connectivity index (χ1) is 14.2. The summed E-state index contributed by atoms with van der Waals surface area (Å²) in [6.45, 7) is 5.39. The van der Waals surface area contributed by atoms with Gasteiger partial charge in [-0.2, -0.15) is 0 Å². The van der Waals surface area contributed by atoms with Crippen molar-refractivity contribution in [2.75, 3.05) is 0 Å². The summed E-state index contributed by atoms with van der Waals surface area (Å²) >= 11 is 0. The van der Waals surface area contributed by atoms with Gasteiger partial charge in [0.15, 0.2) is 5.78 Å². The van der Waals surface area contributed by atoms with Gasteiger partial charge in [0.05, 0.1) is 17.6 Å². The number of ketones is 2. The maximum Gasteiger partial charge on any atom is 0.164 e. The molecular weight excluding hydrogens is 380 g/mol. The summed E-state index contributed by atoms with van der Waals surface area (Å²) in [5.41, 5.74) is 1.53. The van der Waals surface area contributed by atoms with Gasteiger partial charge in [-0.1, -0.05) is 31.2 Å². The Morgan fingerprint density at radius 3 is 2.87 bits per heavy atom. The largest absolute Gasteiger partial charge is 0.392 e. The fraction of sp³-hybridized carbons (Fsp3) is 0.600. The minimum atomic E-state index is -1.12. The topological polar surface area (TPSA) is 87.1 Å². The van der Waals surface area contributed by atoms with Crippen molar-refractivity contribution < 1.29 is 24.5 Å². The monoisotopic (exact) mass is 410 g/mol. The van der Waals surface area contributed by atoms with Crippen LogP contribution in [0.3, 0.4) is 0 Å². The number of carbonyl (C=O) groups excluding carboxylic acids is 2. The van der Waals surface area contributed by atoms with E-state index in [2.05, 4.69) is 12.1 Å². The highest BCUT2D eigenvalue weighted by molar-refractivity contribution is 5.97. The van der Waals surface area contributed by atoms with E-state index in [4.69, 9.17) is 4.74 Å². The van der Waals surface area contributed by atoms with Crippen molar-refractivity contribution >= 4 is 11.6 Å². The van der Waals surface area contributed by atoms with Crippen LogP contribution in [0, 0.1) is 11.3 Å². The van der Waals surface area contributed by atoms with Gasteiger partial charge in [0.25, 0.3) is 0 Å². The first-order valence-electron chi connectivity index (χ1n) is 11.1. The van der Waals surface area contributed by atoms with Gasteiger partial charge in [-0.3, -0.25) is 9.59 Å². The summed E-state index contributed by atoms with van der Waals surface area (Å²) in [4.78, 5) is 24.4. The summed E-state index contributed by atoms with van der Waals surface area (Å²) in [7, 11) is 0. The van der Waals surface area contributed by atoms with Crippen LogP contribution < -0.4 is 0 Å². The zero-order valence-electron chi connectivity index (χ0n) is 17.8. The molecule has 160 valence electrons. The predicted octanol–water partition coefficient (Wildman–Crippen LogP) is 2.82. The number of epoxide rings is 1. The molecule has 1 saturated carbocycles. The number of aryl methyl sites for hydroxylation is 1. The van der Waals surface area contributed by atoms with E-state index in [1.807, 2.05) is 19.9 Å². The molecule has 0 radical (unpaired) electrons. The lowest BCUT2D eigenvalue weighted by Gasteiger charge is -2.55. The Morgan fingerprint density at radius 1 is 1.37 bits per heavy atom. The lowest BCUT2D eigenvalue weighted by molar-refractivity contribution is -0.164. The number of allylic oxidation sites excluding steroid dienone is 1. The first-order valence-corrected chi connectivity index (χ1v) is 11.1. The SMILES string of the molecule is CC(=O)C[C@@H](O)[C@@H](C)c1ccc2c(c1)CC[C@H]1[C@H]2[C@@H]2O[C@@H]2[C@@]2(O)CC=CC(=O)[C@]12C. The fourth-order valence-electron chi connectivity index (χ4n) is 6.55. The molecule has 0 spiro atoms. The van der Waals surface area contributed by atoms with E-state index in [0.29, 0.717) is 6.42 Å². The fourth-order valence-corrected chi connectivity index (χ4v) is 6.55. The number of aliphatic hydroxyl groups is 2. The van der Waals surface area contributed by atoms with Gasteiger partial charge in [-0.25, -0.2) is 0 Å². The minimum Gasteiger partial charge on any atom is -0.392 e. The molecule has 0 bridgehead atoms. The van der Waals surface area contributed by atoms with Crippen LogP contribution in [0.2, 0.25) is 0 Å². The van der Waals surface area contributed by atoms with Crippen LogP contribution in [0.4, 0.5) is 0 Å². The van der Waals surface area contributed by atoms with Crippen LogP contribution in [0.1, 0.15) is 68.6 Å². The van der Waals surface area contributed by atoms with Crippen molar-refractivity contribution in [3.63, 3.8) is 0 Å². The molecule has 5 heteroatoms. The Morgan fingerprint density at radius 2 is 2.13 bits per heavy atom. The van der Waals surface area contributed by atoms with Gasteiger partial charge in [0.2, 0.25) is 0 Å². The molecule has 1 saturated heterocycles.